The highest BCUT2D eigenvalue weighted by Crippen LogP contribution is 2.34. The lowest BCUT2D eigenvalue weighted by Gasteiger charge is -2.26. The molecule has 1 saturated heterocycles. The maximum atomic E-state index is 12.6. The number of aromatic nitrogens is 3. The van der Waals surface area contributed by atoms with Crippen LogP contribution in [0.1, 0.15) is 39.6 Å². The lowest BCUT2D eigenvalue weighted by Crippen LogP contribution is -2.40. The molecule has 0 bridgehead atoms. The van der Waals surface area contributed by atoms with Gasteiger partial charge in [0.25, 0.3) is 0 Å². The number of carbonyl (C=O) groups excluding carboxylic acids is 1. The van der Waals surface area contributed by atoms with Crippen LogP contribution in [-0.2, 0) is 22.5 Å². The number of morpholine rings is 1. The molecule has 7 nitrogen and oxygen atoms in total. The highest BCUT2D eigenvalue weighted by atomic mass is 32.1. The molecule has 0 unspecified atom stereocenters. The molecule has 0 N–H and O–H groups in total. The number of rotatable bonds is 4. The SMILES string of the molecule is Cc1ccccc1C1=NCc2nnc(C)n2-c2sc(CCC(=O)N3CCOCC3)cc21. The van der Waals surface area contributed by atoms with Crippen molar-refractivity contribution < 1.29 is 9.53 Å². The van der Waals surface area contributed by atoms with Gasteiger partial charge in [0.2, 0.25) is 5.91 Å². The minimum absolute atomic E-state index is 0.195. The van der Waals surface area contributed by atoms with Crippen molar-refractivity contribution in [3.8, 4) is 5.00 Å². The predicted molar refractivity (Wildman–Crippen MR) is 120 cm³/mol. The van der Waals surface area contributed by atoms with Crippen molar-refractivity contribution in [3.05, 3.63) is 63.5 Å². The van der Waals surface area contributed by atoms with Crippen LogP contribution >= 0.6 is 11.3 Å². The van der Waals surface area contributed by atoms with E-state index in [2.05, 4.69) is 46.0 Å². The number of hydrogen-bond donors (Lipinski definition) is 0. The van der Waals surface area contributed by atoms with Gasteiger partial charge in [0, 0.05) is 35.5 Å². The molecule has 0 spiro atoms. The Morgan fingerprint density at radius 1 is 1.13 bits per heavy atom. The quantitative estimate of drug-likeness (QED) is 0.631. The van der Waals surface area contributed by atoms with Crippen LogP contribution in [0, 0.1) is 13.8 Å². The molecule has 1 aromatic carbocycles. The first-order valence-electron chi connectivity index (χ1n) is 10.6. The summed E-state index contributed by atoms with van der Waals surface area (Å²) in [6, 6.07) is 10.5. The summed E-state index contributed by atoms with van der Waals surface area (Å²) in [7, 11) is 0. The van der Waals surface area contributed by atoms with Gasteiger partial charge < -0.3 is 9.64 Å². The molecule has 160 valence electrons. The van der Waals surface area contributed by atoms with Crippen molar-refractivity contribution in [2.24, 2.45) is 4.99 Å². The number of carbonyl (C=O) groups is 1. The lowest BCUT2D eigenvalue weighted by atomic mass is 9.99. The zero-order valence-electron chi connectivity index (χ0n) is 17.8. The summed E-state index contributed by atoms with van der Waals surface area (Å²) in [6.07, 6.45) is 1.22. The Balaban J connectivity index is 1.49. The van der Waals surface area contributed by atoms with Gasteiger partial charge in [-0.2, -0.15) is 0 Å². The van der Waals surface area contributed by atoms with Crippen molar-refractivity contribution in [1.29, 1.82) is 0 Å². The van der Waals surface area contributed by atoms with E-state index in [9.17, 15) is 4.79 Å². The summed E-state index contributed by atoms with van der Waals surface area (Å²) in [5.41, 5.74) is 4.40. The van der Waals surface area contributed by atoms with Crippen molar-refractivity contribution in [2.75, 3.05) is 26.3 Å². The van der Waals surface area contributed by atoms with Gasteiger partial charge in [0.15, 0.2) is 5.82 Å². The first-order valence-corrected chi connectivity index (χ1v) is 11.4. The average molecular weight is 436 g/mol. The maximum absolute atomic E-state index is 12.6. The second-order valence-electron chi connectivity index (χ2n) is 7.90. The van der Waals surface area contributed by atoms with Crippen molar-refractivity contribution in [2.45, 2.75) is 33.2 Å². The molecule has 2 aliphatic heterocycles. The van der Waals surface area contributed by atoms with Crippen LogP contribution in [-0.4, -0.2) is 57.6 Å². The number of thiophene rings is 1. The molecule has 2 aliphatic rings. The Morgan fingerprint density at radius 2 is 1.94 bits per heavy atom. The second-order valence-corrected chi connectivity index (χ2v) is 9.02. The molecule has 2 aromatic heterocycles. The van der Waals surface area contributed by atoms with Gasteiger partial charge in [0.05, 0.1) is 18.9 Å². The third-order valence-electron chi connectivity index (χ3n) is 5.84. The van der Waals surface area contributed by atoms with E-state index in [4.69, 9.17) is 9.73 Å². The molecule has 31 heavy (non-hydrogen) atoms. The van der Waals surface area contributed by atoms with E-state index in [1.54, 1.807) is 11.3 Å². The molecule has 0 aliphatic carbocycles. The fraction of sp³-hybridized carbons (Fsp3) is 0.391. The van der Waals surface area contributed by atoms with E-state index in [1.165, 1.54) is 10.4 Å². The molecule has 3 aromatic rings. The summed E-state index contributed by atoms with van der Waals surface area (Å²) in [6.45, 7) is 7.22. The van der Waals surface area contributed by atoms with Crippen molar-refractivity contribution >= 4 is 23.0 Å². The van der Waals surface area contributed by atoms with Crippen LogP contribution in [0.5, 0.6) is 0 Å². The molecular formula is C23H25N5O2S. The average Bonchev–Trinajstić information content (AvgIpc) is 3.33. The minimum atomic E-state index is 0.195. The van der Waals surface area contributed by atoms with E-state index < -0.39 is 0 Å². The van der Waals surface area contributed by atoms with Crippen molar-refractivity contribution in [1.82, 2.24) is 19.7 Å². The van der Waals surface area contributed by atoms with E-state index >= 15 is 0 Å². The largest absolute Gasteiger partial charge is 0.378 e. The van der Waals surface area contributed by atoms with Crippen LogP contribution in [0.3, 0.4) is 0 Å². The third-order valence-corrected chi connectivity index (χ3v) is 7.02. The van der Waals surface area contributed by atoms with Gasteiger partial charge in [-0.05, 0) is 31.9 Å². The number of ether oxygens (including phenoxy) is 1. The van der Waals surface area contributed by atoms with E-state index in [0.29, 0.717) is 45.7 Å². The number of amides is 1. The van der Waals surface area contributed by atoms with Crippen LogP contribution in [0.15, 0.2) is 35.3 Å². The fourth-order valence-electron chi connectivity index (χ4n) is 4.17. The Kier molecular flexibility index (Phi) is 5.41. The number of hydrogen-bond acceptors (Lipinski definition) is 6. The molecule has 4 heterocycles. The maximum Gasteiger partial charge on any atom is 0.223 e. The van der Waals surface area contributed by atoms with Crippen molar-refractivity contribution in [3.63, 3.8) is 0 Å². The molecule has 0 radical (unpaired) electrons. The van der Waals surface area contributed by atoms with E-state index in [-0.39, 0.29) is 5.91 Å². The van der Waals surface area contributed by atoms with Crippen LogP contribution in [0.2, 0.25) is 0 Å². The van der Waals surface area contributed by atoms with Crippen LogP contribution in [0.4, 0.5) is 0 Å². The normalized spacial score (nSPS) is 15.8. The lowest BCUT2D eigenvalue weighted by molar-refractivity contribution is -0.135. The summed E-state index contributed by atoms with van der Waals surface area (Å²) in [4.78, 5) is 20.7. The Hall–Kier alpha value is -2.84. The Labute approximate surface area is 185 Å². The van der Waals surface area contributed by atoms with E-state index in [0.717, 1.165) is 33.5 Å². The Morgan fingerprint density at radius 3 is 2.74 bits per heavy atom. The van der Waals surface area contributed by atoms with E-state index in [1.807, 2.05) is 17.9 Å². The molecular weight excluding hydrogens is 410 g/mol. The number of nitrogens with zero attached hydrogens (tertiary/aromatic N) is 5. The first-order chi connectivity index (χ1) is 15.1. The summed E-state index contributed by atoms with van der Waals surface area (Å²) in [5, 5.41) is 9.72. The molecule has 0 saturated carbocycles. The number of aliphatic imine (C=N–C) groups is 1. The van der Waals surface area contributed by atoms with Gasteiger partial charge in [0.1, 0.15) is 17.4 Å². The highest BCUT2D eigenvalue weighted by Gasteiger charge is 2.25. The van der Waals surface area contributed by atoms with Gasteiger partial charge in [-0.25, -0.2) is 0 Å². The Bertz CT molecular complexity index is 1160. The molecule has 5 rings (SSSR count). The fourth-order valence-corrected chi connectivity index (χ4v) is 5.39. The molecule has 1 amide bonds. The number of fused-ring (bicyclic) bond motifs is 3. The van der Waals surface area contributed by atoms with Gasteiger partial charge in [-0.1, -0.05) is 24.3 Å². The zero-order valence-corrected chi connectivity index (χ0v) is 18.6. The molecule has 0 atom stereocenters. The molecule has 8 heteroatoms. The number of aryl methyl sites for hydroxylation is 3. The van der Waals surface area contributed by atoms with Gasteiger partial charge in [-0.3, -0.25) is 14.4 Å². The van der Waals surface area contributed by atoms with Crippen LogP contribution < -0.4 is 0 Å². The summed E-state index contributed by atoms with van der Waals surface area (Å²) >= 11 is 1.71. The van der Waals surface area contributed by atoms with Gasteiger partial charge in [-0.15, -0.1) is 21.5 Å². The minimum Gasteiger partial charge on any atom is -0.378 e. The second kappa shape index (κ2) is 8.36. The summed E-state index contributed by atoms with van der Waals surface area (Å²) in [5.74, 6) is 1.90. The topological polar surface area (TPSA) is 72.6 Å². The van der Waals surface area contributed by atoms with Crippen LogP contribution in [0.25, 0.3) is 5.00 Å². The summed E-state index contributed by atoms with van der Waals surface area (Å²) < 4.78 is 7.47. The highest BCUT2D eigenvalue weighted by molar-refractivity contribution is 7.15. The standard InChI is InChI=1S/C23H25N5O2S/c1-15-5-3-4-6-18(15)22-19-13-17(7-8-21(29)27-9-11-30-12-10-27)31-23(19)28-16(2)25-26-20(28)14-24-22/h3-6,13H,7-12,14H2,1-2H3. The number of benzene rings is 1. The predicted octanol–water partition coefficient (Wildman–Crippen LogP) is 3.09. The molecule has 1 fully saturated rings. The zero-order chi connectivity index (χ0) is 21.4. The smallest absolute Gasteiger partial charge is 0.223 e. The monoisotopic (exact) mass is 435 g/mol. The van der Waals surface area contributed by atoms with Gasteiger partial charge >= 0.3 is 0 Å². The first kappa shape index (κ1) is 20.1. The third kappa shape index (κ3) is 3.81.